The number of hydrogen-bond donors (Lipinski definition) is 4. The van der Waals surface area contributed by atoms with Crippen LogP contribution >= 0.6 is 0 Å². The van der Waals surface area contributed by atoms with Gasteiger partial charge in [-0.15, -0.1) is 0 Å². The quantitative estimate of drug-likeness (QED) is 0.518. The molecule has 22 heavy (non-hydrogen) atoms. The molecule has 1 aromatic rings. The average Bonchev–Trinajstić information content (AvgIpc) is 2.67. The van der Waals surface area contributed by atoms with Gasteiger partial charge in [0, 0.05) is 11.8 Å². The molecule has 124 valence electrons. The third-order valence-electron chi connectivity index (χ3n) is 3.56. The monoisotopic (exact) mass is 326 g/mol. The smallest absolute Gasteiger partial charge is 0.394 e. The predicted molar refractivity (Wildman–Crippen MR) is 64.1 cm³/mol. The largest absolute Gasteiger partial charge is 0.422 e. The molecular formula is C11H13F3N2O6. The number of aliphatic hydroxyl groups excluding tert-OH is 2. The van der Waals surface area contributed by atoms with Crippen LogP contribution in [0.2, 0.25) is 0 Å². The molecule has 0 unspecified atom stereocenters. The Labute approximate surface area is 120 Å². The SMILES string of the molecule is Cc1cn([C@@H]2O[C@H](CO)[C@](O)(C(F)(F)F)[C@H]2O)c(=O)[nH]c1=O. The molecule has 4 atom stereocenters. The van der Waals surface area contributed by atoms with Crippen LogP contribution in [0.3, 0.4) is 0 Å². The van der Waals surface area contributed by atoms with Crippen molar-refractivity contribution in [3.05, 3.63) is 32.6 Å². The second-order valence-corrected chi connectivity index (χ2v) is 4.94. The zero-order chi connectivity index (χ0) is 16.9. The van der Waals surface area contributed by atoms with Crippen molar-refractivity contribution in [2.24, 2.45) is 0 Å². The summed E-state index contributed by atoms with van der Waals surface area (Å²) in [5.74, 6) is 0. The Morgan fingerprint density at radius 2 is 2.05 bits per heavy atom. The van der Waals surface area contributed by atoms with E-state index in [9.17, 15) is 33.0 Å². The van der Waals surface area contributed by atoms with Gasteiger partial charge in [-0.1, -0.05) is 0 Å². The van der Waals surface area contributed by atoms with E-state index in [-0.39, 0.29) is 5.56 Å². The first-order valence-electron chi connectivity index (χ1n) is 6.09. The van der Waals surface area contributed by atoms with Gasteiger partial charge in [-0.3, -0.25) is 14.3 Å². The lowest BCUT2D eigenvalue weighted by atomic mass is 9.91. The summed E-state index contributed by atoms with van der Waals surface area (Å²) in [6, 6.07) is 0. The number of nitrogens with one attached hydrogen (secondary N) is 1. The lowest BCUT2D eigenvalue weighted by Crippen LogP contribution is -2.60. The number of aromatic amines is 1. The Kier molecular flexibility index (Phi) is 3.94. The Bertz CT molecular complexity index is 684. The second-order valence-electron chi connectivity index (χ2n) is 4.94. The van der Waals surface area contributed by atoms with Gasteiger partial charge in [-0.05, 0) is 6.92 Å². The molecule has 0 bridgehead atoms. The van der Waals surface area contributed by atoms with Gasteiger partial charge in [0.15, 0.2) is 6.23 Å². The maximum absolute atomic E-state index is 13.0. The molecule has 0 aromatic carbocycles. The van der Waals surface area contributed by atoms with Crippen LogP contribution in [0.1, 0.15) is 11.8 Å². The maximum atomic E-state index is 13.0. The number of halogens is 3. The van der Waals surface area contributed by atoms with Crippen LogP contribution in [0.5, 0.6) is 0 Å². The van der Waals surface area contributed by atoms with E-state index in [0.29, 0.717) is 4.57 Å². The third kappa shape index (κ3) is 2.26. The molecule has 0 spiro atoms. The Morgan fingerprint density at radius 3 is 2.50 bits per heavy atom. The number of alkyl halides is 3. The Balaban J connectivity index is 2.54. The highest BCUT2D eigenvalue weighted by atomic mass is 19.4. The molecular weight excluding hydrogens is 313 g/mol. The molecule has 8 nitrogen and oxygen atoms in total. The molecule has 0 radical (unpaired) electrons. The topological polar surface area (TPSA) is 125 Å². The van der Waals surface area contributed by atoms with E-state index < -0.39 is 48.1 Å². The van der Waals surface area contributed by atoms with Gasteiger partial charge < -0.3 is 20.1 Å². The van der Waals surface area contributed by atoms with Gasteiger partial charge in [0.2, 0.25) is 5.60 Å². The molecule has 1 aliphatic heterocycles. The third-order valence-corrected chi connectivity index (χ3v) is 3.56. The molecule has 1 aromatic heterocycles. The molecule has 2 rings (SSSR count). The molecule has 2 heterocycles. The first kappa shape index (κ1) is 16.7. The number of aryl methyl sites for hydroxylation is 1. The zero-order valence-electron chi connectivity index (χ0n) is 11.2. The van der Waals surface area contributed by atoms with Crippen molar-refractivity contribution in [2.45, 2.75) is 37.1 Å². The minimum absolute atomic E-state index is 0.0154. The number of ether oxygens (including phenoxy) is 1. The summed E-state index contributed by atoms with van der Waals surface area (Å²) in [6.07, 6.45) is -11.1. The van der Waals surface area contributed by atoms with Crippen LogP contribution < -0.4 is 11.2 Å². The summed E-state index contributed by atoms with van der Waals surface area (Å²) >= 11 is 0. The van der Waals surface area contributed by atoms with Crippen LogP contribution in [0.25, 0.3) is 0 Å². The minimum Gasteiger partial charge on any atom is -0.394 e. The van der Waals surface area contributed by atoms with Crippen molar-refractivity contribution in [2.75, 3.05) is 6.61 Å². The summed E-state index contributed by atoms with van der Waals surface area (Å²) in [6.45, 7) is 0.0518. The molecule has 11 heteroatoms. The highest BCUT2D eigenvalue weighted by Crippen LogP contribution is 2.46. The number of H-pyrrole nitrogens is 1. The van der Waals surface area contributed by atoms with Gasteiger partial charge in [0.1, 0.15) is 12.2 Å². The van der Waals surface area contributed by atoms with Crippen LogP contribution in [0.4, 0.5) is 13.2 Å². The lowest BCUT2D eigenvalue weighted by Gasteiger charge is -2.31. The zero-order valence-corrected chi connectivity index (χ0v) is 11.2. The predicted octanol–water partition coefficient (Wildman–Crippen LogP) is -1.61. The Hall–Kier alpha value is -1.69. The fourth-order valence-electron chi connectivity index (χ4n) is 2.28. The fourth-order valence-corrected chi connectivity index (χ4v) is 2.28. The van der Waals surface area contributed by atoms with Gasteiger partial charge in [-0.25, -0.2) is 4.79 Å². The van der Waals surface area contributed by atoms with E-state index in [1.165, 1.54) is 6.92 Å². The van der Waals surface area contributed by atoms with Crippen molar-refractivity contribution in [3.63, 3.8) is 0 Å². The number of aliphatic hydroxyl groups is 3. The standard InChI is InChI=1S/C11H13F3N2O6/c1-4-2-16(9(20)15-7(4)19)8-6(18)10(21,11(12,13)14)5(3-17)22-8/h2,5-6,8,17-18,21H,3H2,1H3,(H,15,19,20)/t5-,6+,8-,10-/m1/s1. The number of nitrogens with zero attached hydrogens (tertiary/aromatic N) is 1. The van der Waals surface area contributed by atoms with Gasteiger partial charge in [0.05, 0.1) is 6.61 Å². The van der Waals surface area contributed by atoms with Gasteiger partial charge in [-0.2, -0.15) is 13.2 Å². The van der Waals surface area contributed by atoms with E-state index in [2.05, 4.69) is 0 Å². The summed E-state index contributed by atoms with van der Waals surface area (Å²) in [7, 11) is 0. The van der Waals surface area contributed by atoms with Crippen LogP contribution in [-0.4, -0.2) is 55.5 Å². The highest BCUT2D eigenvalue weighted by molar-refractivity contribution is 5.09. The van der Waals surface area contributed by atoms with Crippen LogP contribution in [-0.2, 0) is 4.74 Å². The summed E-state index contributed by atoms with van der Waals surface area (Å²) in [4.78, 5) is 24.8. The van der Waals surface area contributed by atoms with Gasteiger partial charge >= 0.3 is 11.9 Å². The van der Waals surface area contributed by atoms with Crippen molar-refractivity contribution >= 4 is 0 Å². The summed E-state index contributed by atoms with van der Waals surface area (Å²) in [5, 5.41) is 28.6. The van der Waals surface area contributed by atoms with E-state index in [4.69, 9.17) is 9.84 Å². The fraction of sp³-hybridized carbons (Fsp3) is 0.636. The van der Waals surface area contributed by atoms with Crippen molar-refractivity contribution < 1.29 is 33.2 Å². The van der Waals surface area contributed by atoms with Crippen LogP contribution in [0, 0.1) is 6.92 Å². The number of rotatable bonds is 2. The van der Waals surface area contributed by atoms with Gasteiger partial charge in [0.25, 0.3) is 5.56 Å². The molecule has 0 amide bonds. The first-order valence-corrected chi connectivity index (χ1v) is 6.09. The summed E-state index contributed by atoms with van der Waals surface area (Å²) < 4.78 is 44.4. The normalized spacial score (nSPS) is 32.4. The second kappa shape index (κ2) is 5.19. The summed E-state index contributed by atoms with van der Waals surface area (Å²) in [5.41, 5.74) is -5.64. The van der Waals surface area contributed by atoms with Crippen molar-refractivity contribution in [1.82, 2.24) is 9.55 Å². The minimum atomic E-state index is -5.31. The van der Waals surface area contributed by atoms with Crippen LogP contribution in [0.15, 0.2) is 15.8 Å². The molecule has 1 fully saturated rings. The maximum Gasteiger partial charge on any atom is 0.422 e. The van der Waals surface area contributed by atoms with E-state index in [1.807, 2.05) is 4.98 Å². The highest BCUT2D eigenvalue weighted by Gasteiger charge is 2.70. The number of hydrogen-bond acceptors (Lipinski definition) is 6. The van der Waals surface area contributed by atoms with Crippen molar-refractivity contribution in [3.8, 4) is 0 Å². The van der Waals surface area contributed by atoms with E-state index >= 15 is 0 Å². The lowest BCUT2D eigenvalue weighted by molar-refractivity contribution is -0.296. The van der Waals surface area contributed by atoms with Crippen molar-refractivity contribution in [1.29, 1.82) is 0 Å². The van der Waals surface area contributed by atoms with E-state index in [0.717, 1.165) is 6.20 Å². The molecule has 4 N–H and O–H groups in total. The number of aromatic nitrogens is 2. The molecule has 1 aliphatic rings. The molecule has 0 aliphatic carbocycles. The first-order chi connectivity index (χ1) is 10.0. The Morgan fingerprint density at radius 1 is 1.45 bits per heavy atom. The van der Waals surface area contributed by atoms with E-state index in [1.54, 1.807) is 0 Å². The molecule has 0 saturated carbocycles. The molecule has 1 saturated heterocycles. The average molecular weight is 326 g/mol.